The van der Waals surface area contributed by atoms with E-state index in [2.05, 4.69) is 19.2 Å². The highest BCUT2D eigenvalue weighted by atomic mass is 16.4. The van der Waals surface area contributed by atoms with Gasteiger partial charge in [0.2, 0.25) is 0 Å². The maximum absolute atomic E-state index is 12.6. The van der Waals surface area contributed by atoms with Crippen molar-refractivity contribution in [2.75, 3.05) is 5.32 Å². The van der Waals surface area contributed by atoms with Crippen LogP contribution >= 0.6 is 0 Å². The zero-order valence-electron chi connectivity index (χ0n) is 15.0. The van der Waals surface area contributed by atoms with E-state index in [1.807, 2.05) is 0 Å². The molecule has 0 saturated carbocycles. The van der Waals surface area contributed by atoms with Crippen LogP contribution in [-0.2, 0) is 6.42 Å². The zero-order valence-corrected chi connectivity index (χ0v) is 15.0. The van der Waals surface area contributed by atoms with Gasteiger partial charge in [0.05, 0.1) is 6.10 Å². The van der Waals surface area contributed by atoms with Crippen LogP contribution in [0.15, 0.2) is 28.7 Å². The summed E-state index contributed by atoms with van der Waals surface area (Å²) >= 11 is 0. The number of carbonyl (C=O) groups is 2. The van der Waals surface area contributed by atoms with E-state index in [-0.39, 0.29) is 22.9 Å². The molecule has 3 rings (SSSR count). The van der Waals surface area contributed by atoms with Crippen LogP contribution in [0.2, 0.25) is 0 Å². The lowest BCUT2D eigenvalue weighted by Gasteiger charge is -2.31. The summed E-state index contributed by atoms with van der Waals surface area (Å²) in [7, 11) is 0. The molecule has 132 valence electrons. The molecule has 5 heteroatoms. The van der Waals surface area contributed by atoms with Gasteiger partial charge >= 0.3 is 0 Å². The van der Waals surface area contributed by atoms with Gasteiger partial charge in [-0.15, -0.1) is 0 Å². The van der Waals surface area contributed by atoms with E-state index in [1.54, 1.807) is 31.2 Å². The molecule has 0 aliphatic heterocycles. The summed E-state index contributed by atoms with van der Waals surface area (Å²) in [6, 6.07) is 6.78. The summed E-state index contributed by atoms with van der Waals surface area (Å²) in [5.74, 6) is 0.461. The second kappa shape index (κ2) is 6.15. The molecule has 1 aromatic heterocycles. The molecule has 1 heterocycles. The summed E-state index contributed by atoms with van der Waals surface area (Å²) in [5.41, 5.74) is 2.42. The number of Topliss-reactive ketones (excluding diaryl/α,β-unsaturated/α-hetero) is 1. The van der Waals surface area contributed by atoms with Crippen molar-refractivity contribution < 1.29 is 19.1 Å². The average Bonchev–Trinajstić information content (AvgIpc) is 2.83. The SMILES string of the molecule is CC(=O)c1cccc(NC(=O)c2oc3c(c2C)C(O)CC(C)(C)C3)c1. The van der Waals surface area contributed by atoms with Gasteiger partial charge in [0, 0.05) is 28.8 Å². The van der Waals surface area contributed by atoms with E-state index < -0.39 is 6.10 Å². The number of carbonyl (C=O) groups excluding carboxylic acids is 2. The molecule has 2 aromatic rings. The molecule has 1 unspecified atom stereocenters. The quantitative estimate of drug-likeness (QED) is 0.826. The van der Waals surface area contributed by atoms with E-state index in [0.29, 0.717) is 35.4 Å². The number of furan rings is 1. The van der Waals surface area contributed by atoms with Crippen LogP contribution in [0.5, 0.6) is 0 Å². The molecule has 0 fully saturated rings. The van der Waals surface area contributed by atoms with Gasteiger partial charge in [0.1, 0.15) is 5.76 Å². The maximum Gasteiger partial charge on any atom is 0.291 e. The Hall–Kier alpha value is -2.40. The first kappa shape index (κ1) is 17.4. The molecule has 0 radical (unpaired) electrons. The van der Waals surface area contributed by atoms with Crippen molar-refractivity contribution in [3.63, 3.8) is 0 Å². The number of nitrogens with one attached hydrogen (secondary N) is 1. The molecule has 2 N–H and O–H groups in total. The van der Waals surface area contributed by atoms with Crippen molar-refractivity contribution in [2.24, 2.45) is 5.41 Å². The third kappa shape index (κ3) is 3.37. The summed E-state index contributed by atoms with van der Waals surface area (Å²) in [5, 5.41) is 13.2. The Morgan fingerprint density at radius 1 is 1.32 bits per heavy atom. The van der Waals surface area contributed by atoms with E-state index in [1.165, 1.54) is 6.92 Å². The first-order valence-corrected chi connectivity index (χ1v) is 8.40. The van der Waals surface area contributed by atoms with E-state index in [4.69, 9.17) is 4.42 Å². The van der Waals surface area contributed by atoms with Crippen LogP contribution in [0.1, 0.15) is 71.1 Å². The summed E-state index contributed by atoms with van der Waals surface area (Å²) in [4.78, 5) is 24.1. The lowest BCUT2D eigenvalue weighted by Crippen LogP contribution is -2.24. The highest BCUT2D eigenvalue weighted by Crippen LogP contribution is 2.44. The molecular weight excluding hydrogens is 318 g/mol. The second-order valence-corrected chi connectivity index (χ2v) is 7.55. The molecule has 1 aromatic carbocycles. The summed E-state index contributed by atoms with van der Waals surface area (Å²) in [6.45, 7) is 7.42. The monoisotopic (exact) mass is 341 g/mol. The number of rotatable bonds is 3. The topological polar surface area (TPSA) is 79.5 Å². The first-order chi connectivity index (χ1) is 11.7. The Morgan fingerprint density at radius 2 is 2.04 bits per heavy atom. The van der Waals surface area contributed by atoms with Gasteiger partial charge in [-0.25, -0.2) is 0 Å². The van der Waals surface area contributed by atoms with Gasteiger partial charge in [-0.3, -0.25) is 9.59 Å². The highest BCUT2D eigenvalue weighted by Gasteiger charge is 2.37. The Labute approximate surface area is 147 Å². The molecular formula is C20H23NO4. The number of benzene rings is 1. The summed E-state index contributed by atoms with van der Waals surface area (Å²) in [6.07, 6.45) is 0.709. The average molecular weight is 341 g/mol. The minimum Gasteiger partial charge on any atom is -0.455 e. The Balaban J connectivity index is 1.89. The highest BCUT2D eigenvalue weighted by molar-refractivity contribution is 6.04. The van der Waals surface area contributed by atoms with E-state index in [0.717, 1.165) is 5.56 Å². The van der Waals surface area contributed by atoms with E-state index in [9.17, 15) is 14.7 Å². The van der Waals surface area contributed by atoms with Gasteiger partial charge < -0.3 is 14.8 Å². The third-order valence-electron chi connectivity index (χ3n) is 4.72. The minimum absolute atomic E-state index is 0.0638. The van der Waals surface area contributed by atoms with Gasteiger partial charge in [0.15, 0.2) is 11.5 Å². The molecule has 1 aliphatic carbocycles. The zero-order chi connectivity index (χ0) is 18.4. The molecule has 1 atom stereocenters. The summed E-state index contributed by atoms with van der Waals surface area (Å²) < 4.78 is 5.82. The van der Waals surface area contributed by atoms with Crippen molar-refractivity contribution in [3.8, 4) is 0 Å². The lowest BCUT2D eigenvalue weighted by molar-refractivity contribution is 0.0910. The normalized spacial score (nSPS) is 18.5. The molecule has 0 bridgehead atoms. The fraction of sp³-hybridized carbons (Fsp3) is 0.400. The van der Waals surface area contributed by atoms with Crippen LogP contribution in [-0.4, -0.2) is 16.8 Å². The van der Waals surface area contributed by atoms with Crippen LogP contribution in [0.4, 0.5) is 5.69 Å². The van der Waals surface area contributed by atoms with Crippen molar-refractivity contribution in [2.45, 2.75) is 46.6 Å². The van der Waals surface area contributed by atoms with Gasteiger partial charge in [0.25, 0.3) is 5.91 Å². The minimum atomic E-state index is -0.620. The number of anilines is 1. The molecule has 5 nitrogen and oxygen atoms in total. The largest absolute Gasteiger partial charge is 0.455 e. The van der Waals surface area contributed by atoms with Gasteiger partial charge in [-0.05, 0) is 37.8 Å². The Kier molecular flexibility index (Phi) is 4.29. The Bertz CT molecular complexity index is 847. The van der Waals surface area contributed by atoms with Gasteiger partial charge in [-0.2, -0.15) is 0 Å². The van der Waals surface area contributed by atoms with Crippen LogP contribution in [0.25, 0.3) is 0 Å². The smallest absolute Gasteiger partial charge is 0.291 e. The number of hydrogen-bond acceptors (Lipinski definition) is 4. The fourth-order valence-corrected chi connectivity index (χ4v) is 3.51. The number of aliphatic hydroxyl groups excluding tert-OH is 1. The van der Waals surface area contributed by atoms with Crippen molar-refractivity contribution >= 4 is 17.4 Å². The first-order valence-electron chi connectivity index (χ1n) is 8.40. The predicted molar refractivity (Wildman–Crippen MR) is 94.9 cm³/mol. The van der Waals surface area contributed by atoms with Crippen LogP contribution in [0, 0.1) is 12.3 Å². The molecule has 1 amide bonds. The van der Waals surface area contributed by atoms with Crippen LogP contribution in [0.3, 0.4) is 0 Å². The number of hydrogen-bond donors (Lipinski definition) is 2. The van der Waals surface area contributed by atoms with Crippen molar-refractivity contribution in [1.29, 1.82) is 0 Å². The molecule has 1 aliphatic rings. The number of aliphatic hydroxyl groups is 1. The lowest BCUT2D eigenvalue weighted by atomic mass is 9.75. The number of amides is 1. The molecule has 25 heavy (non-hydrogen) atoms. The van der Waals surface area contributed by atoms with Crippen molar-refractivity contribution in [3.05, 3.63) is 52.5 Å². The van der Waals surface area contributed by atoms with Gasteiger partial charge in [-0.1, -0.05) is 26.0 Å². The van der Waals surface area contributed by atoms with Crippen LogP contribution < -0.4 is 5.32 Å². The predicted octanol–water partition coefficient (Wildman–Crippen LogP) is 4.05. The van der Waals surface area contributed by atoms with Crippen molar-refractivity contribution in [1.82, 2.24) is 0 Å². The molecule has 0 saturated heterocycles. The Morgan fingerprint density at radius 3 is 2.72 bits per heavy atom. The van der Waals surface area contributed by atoms with E-state index >= 15 is 0 Å². The standard InChI is InChI=1S/C20H23NO4/c1-11-17-15(23)9-20(3,4)10-16(17)25-18(11)19(24)21-14-7-5-6-13(8-14)12(2)22/h5-8,15,23H,9-10H2,1-4H3,(H,21,24). The maximum atomic E-state index is 12.6. The third-order valence-corrected chi connectivity index (χ3v) is 4.72. The number of ketones is 1. The number of fused-ring (bicyclic) bond motifs is 1. The molecule has 0 spiro atoms. The fourth-order valence-electron chi connectivity index (χ4n) is 3.51. The second-order valence-electron chi connectivity index (χ2n) is 7.55.